The largest absolute Gasteiger partial charge is 0.478 e. The molecule has 1 heterocycles. The fourth-order valence-corrected chi connectivity index (χ4v) is 2.38. The van der Waals surface area contributed by atoms with Gasteiger partial charge in [-0.1, -0.05) is 19.3 Å². The Labute approximate surface area is 74.0 Å². The van der Waals surface area contributed by atoms with Crippen molar-refractivity contribution in [3.05, 3.63) is 0 Å². The first-order chi connectivity index (χ1) is 5.88. The maximum Gasteiger partial charge on any atom is 0.170 e. The second-order valence-corrected chi connectivity index (χ2v) is 3.98. The lowest BCUT2D eigenvalue weighted by atomic mass is 9.82. The van der Waals surface area contributed by atoms with Crippen LogP contribution in [0, 0.1) is 5.92 Å². The molecule has 0 spiro atoms. The molecule has 2 heteroatoms. The van der Waals surface area contributed by atoms with E-state index in [-0.39, 0.29) is 0 Å². The lowest BCUT2D eigenvalue weighted by Gasteiger charge is -2.27. The van der Waals surface area contributed by atoms with Crippen LogP contribution in [0.4, 0.5) is 0 Å². The molecule has 0 aromatic rings. The second-order valence-electron chi connectivity index (χ2n) is 3.98. The summed E-state index contributed by atoms with van der Waals surface area (Å²) in [6, 6.07) is 0.463. The van der Waals surface area contributed by atoms with Gasteiger partial charge in [0.15, 0.2) is 6.40 Å². The molecule has 2 unspecified atom stereocenters. The fourth-order valence-electron chi connectivity index (χ4n) is 2.38. The third kappa shape index (κ3) is 1.47. The average Bonchev–Trinajstić information content (AvgIpc) is 2.53. The summed E-state index contributed by atoms with van der Waals surface area (Å²) in [7, 11) is 0. The Morgan fingerprint density at radius 2 is 2.00 bits per heavy atom. The quantitative estimate of drug-likeness (QED) is 0.587. The lowest BCUT2D eigenvalue weighted by Crippen LogP contribution is -2.28. The van der Waals surface area contributed by atoms with Gasteiger partial charge in [0.2, 0.25) is 0 Å². The van der Waals surface area contributed by atoms with E-state index >= 15 is 0 Å². The molecule has 0 bridgehead atoms. The minimum absolute atomic E-state index is 0.327. The fraction of sp³-hybridized carbons (Fsp3) is 0.900. The molecule has 1 saturated carbocycles. The Morgan fingerprint density at radius 1 is 1.25 bits per heavy atom. The first-order valence-corrected chi connectivity index (χ1v) is 5.05. The van der Waals surface area contributed by atoms with Crippen molar-refractivity contribution in [2.45, 2.75) is 51.2 Å². The van der Waals surface area contributed by atoms with Crippen molar-refractivity contribution >= 4 is 6.40 Å². The molecular weight excluding hydrogens is 150 g/mol. The van der Waals surface area contributed by atoms with Gasteiger partial charge in [-0.05, 0) is 25.7 Å². The minimum atomic E-state index is 0.327. The molecule has 0 aromatic carbocycles. The predicted molar refractivity (Wildman–Crippen MR) is 49.4 cm³/mol. The molecule has 0 radical (unpaired) electrons. The first kappa shape index (κ1) is 8.09. The van der Waals surface area contributed by atoms with Gasteiger partial charge in [0.05, 0.1) is 6.04 Å². The van der Waals surface area contributed by atoms with E-state index in [1.54, 1.807) is 6.40 Å². The zero-order valence-electron chi connectivity index (χ0n) is 7.70. The molecule has 0 amide bonds. The van der Waals surface area contributed by atoms with Crippen LogP contribution in [-0.4, -0.2) is 18.5 Å². The summed E-state index contributed by atoms with van der Waals surface area (Å²) in [4.78, 5) is 4.39. The van der Waals surface area contributed by atoms with Gasteiger partial charge < -0.3 is 4.74 Å². The van der Waals surface area contributed by atoms with Crippen molar-refractivity contribution in [2.75, 3.05) is 0 Å². The highest BCUT2D eigenvalue weighted by molar-refractivity contribution is 5.49. The van der Waals surface area contributed by atoms with E-state index in [1.807, 2.05) is 0 Å². The Balaban J connectivity index is 1.93. The van der Waals surface area contributed by atoms with Crippen LogP contribution in [0.5, 0.6) is 0 Å². The van der Waals surface area contributed by atoms with Crippen LogP contribution in [0.25, 0.3) is 0 Å². The van der Waals surface area contributed by atoms with Gasteiger partial charge in [0.1, 0.15) is 6.10 Å². The van der Waals surface area contributed by atoms with Crippen molar-refractivity contribution in [1.29, 1.82) is 0 Å². The van der Waals surface area contributed by atoms with E-state index in [9.17, 15) is 0 Å². The maximum absolute atomic E-state index is 5.33. The molecule has 68 valence electrons. The molecule has 1 fully saturated rings. The van der Waals surface area contributed by atoms with Gasteiger partial charge in [-0.25, -0.2) is 0 Å². The van der Waals surface area contributed by atoms with Gasteiger partial charge in [0.25, 0.3) is 0 Å². The van der Waals surface area contributed by atoms with Crippen molar-refractivity contribution < 1.29 is 4.74 Å². The smallest absolute Gasteiger partial charge is 0.170 e. The molecule has 1 aliphatic carbocycles. The highest BCUT2D eigenvalue weighted by Crippen LogP contribution is 2.31. The van der Waals surface area contributed by atoms with Gasteiger partial charge in [-0.3, -0.25) is 4.99 Å². The predicted octanol–water partition coefficient (Wildman–Crippen LogP) is 2.38. The number of hydrogen-bond donors (Lipinski definition) is 0. The van der Waals surface area contributed by atoms with Crippen LogP contribution in [0.1, 0.15) is 39.0 Å². The third-order valence-electron chi connectivity index (χ3n) is 3.12. The van der Waals surface area contributed by atoms with Gasteiger partial charge in [0, 0.05) is 0 Å². The van der Waals surface area contributed by atoms with Crippen molar-refractivity contribution in [3.63, 3.8) is 0 Å². The second kappa shape index (κ2) is 3.46. The SMILES string of the molecule is CC1OC=NC1C1CCCCC1. The zero-order valence-corrected chi connectivity index (χ0v) is 7.70. The van der Waals surface area contributed by atoms with E-state index in [0.29, 0.717) is 12.1 Å². The summed E-state index contributed by atoms with van der Waals surface area (Å²) in [6.07, 6.45) is 8.89. The number of rotatable bonds is 1. The Kier molecular flexibility index (Phi) is 2.33. The lowest BCUT2D eigenvalue weighted by molar-refractivity contribution is 0.168. The Morgan fingerprint density at radius 3 is 2.58 bits per heavy atom. The zero-order chi connectivity index (χ0) is 8.39. The minimum Gasteiger partial charge on any atom is -0.478 e. The Hall–Kier alpha value is -0.530. The molecule has 12 heavy (non-hydrogen) atoms. The first-order valence-electron chi connectivity index (χ1n) is 5.05. The summed E-state index contributed by atoms with van der Waals surface area (Å²) >= 11 is 0. The normalized spacial score (nSPS) is 36.8. The topological polar surface area (TPSA) is 21.6 Å². The molecule has 0 N–H and O–H groups in total. The average molecular weight is 167 g/mol. The van der Waals surface area contributed by atoms with E-state index in [4.69, 9.17) is 4.74 Å². The van der Waals surface area contributed by atoms with E-state index in [2.05, 4.69) is 11.9 Å². The highest BCUT2D eigenvalue weighted by Gasteiger charge is 2.30. The number of ether oxygens (including phenoxy) is 1. The molecule has 2 rings (SSSR count). The summed E-state index contributed by atoms with van der Waals surface area (Å²) < 4.78 is 5.33. The maximum atomic E-state index is 5.33. The molecule has 2 aliphatic rings. The van der Waals surface area contributed by atoms with Crippen molar-refractivity contribution in [2.24, 2.45) is 10.9 Å². The van der Waals surface area contributed by atoms with Gasteiger partial charge >= 0.3 is 0 Å². The molecule has 0 aromatic heterocycles. The Bertz CT molecular complexity index is 173. The van der Waals surface area contributed by atoms with E-state index < -0.39 is 0 Å². The van der Waals surface area contributed by atoms with Gasteiger partial charge in [-0.2, -0.15) is 0 Å². The molecular formula is C10H17NO. The van der Waals surface area contributed by atoms with Crippen LogP contribution in [0.15, 0.2) is 4.99 Å². The van der Waals surface area contributed by atoms with E-state index in [0.717, 1.165) is 5.92 Å². The van der Waals surface area contributed by atoms with Crippen LogP contribution >= 0.6 is 0 Å². The van der Waals surface area contributed by atoms with Crippen molar-refractivity contribution in [1.82, 2.24) is 0 Å². The van der Waals surface area contributed by atoms with Crippen molar-refractivity contribution in [3.8, 4) is 0 Å². The molecule has 0 saturated heterocycles. The number of aliphatic imine (C=N–C) groups is 1. The summed E-state index contributed by atoms with van der Waals surface area (Å²) in [5.74, 6) is 0.799. The number of hydrogen-bond acceptors (Lipinski definition) is 2. The molecule has 1 aliphatic heterocycles. The summed E-state index contributed by atoms with van der Waals surface area (Å²) in [5.41, 5.74) is 0. The van der Waals surface area contributed by atoms with Crippen LogP contribution in [0.2, 0.25) is 0 Å². The van der Waals surface area contributed by atoms with Crippen LogP contribution in [0.3, 0.4) is 0 Å². The van der Waals surface area contributed by atoms with Gasteiger partial charge in [-0.15, -0.1) is 0 Å². The standard InChI is InChI=1S/C10H17NO/c1-8-10(11-7-12-8)9-5-3-2-4-6-9/h7-10H,2-6H2,1H3. The summed E-state index contributed by atoms with van der Waals surface area (Å²) in [5, 5.41) is 0. The number of nitrogens with zero attached hydrogens (tertiary/aromatic N) is 1. The van der Waals surface area contributed by atoms with Crippen LogP contribution < -0.4 is 0 Å². The van der Waals surface area contributed by atoms with Crippen LogP contribution in [-0.2, 0) is 4.74 Å². The highest BCUT2D eigenvalue weighted by atomic mass is 16.5. The van der Waals surface area contributed by atoms with E-state index in [1.165, 1.54) is 32.1 Å². The molecule has 2 atom stereocenters. The monoisotopic (exact) mass is 167 g/mol. The summed E-state index contributed by atoms with van der Waals surface area (Å²) in [6.45, 7) is 2.13. The molecule has 2 nitrogen and oxygen atoms in total. The third-order valence-corrected chi connectivity index (χ3v) is 3.12.